The molecule has 0 radical (unpaired) electrons. The smallest absolute Gasteiger partial charge is 0.155 e. The van der Waals surface area contributed by atoms with E-state index in [1.54, 1.807) is 19.5 Å². The first-order valence-electron chi connectivity index (χ1n) is 5.68. The SMILES string of the molecule is COc1ccc(CNc2nccnc2C(N)=S)cc1. The highest BCUT2D eigenvalue weighted by atomic mass is 32.1. The molecule has 98 valence electrons. The van der Waals surface area contributed by atoms with E-state index in [9.17, 15) is 0 Å². The lowest BCUT2D eigenvalue weighted by Gasteiger charge is -2.09. The normalized spacial score (nSPS) is 9.95. The van der Waals surface area contributed by atoms with Crippen LogP contribution in [0.4, 0.5) is 5.82 Å². The number of thiocarbonyl (C=S) groups is 1. The molecule has 0 unspecified atom stereocenters. The van der Waals surface area contributed by atoms with Gasteiger partial charge in [0.05, 0.1) is 7.11 Å². The van der Waals surface area contributed by atoms with Gasteiger partial charge in [0.25, 0.3) is 0 Å². The molecular weight excluding hydrogens is 260 g/mol. The number of nitrogens with zero attached hydrogens (tertiary/aromatic N) is 2. The lowest BCUT2D eigenvalue weighted by Crippen LogP contribution is -2.16. The molecule has 0 saturated carbocycles. The van der Waals surface area contributed by atoms with Gasteiger partial charge in [-0.2, -0.15) is 0 Å². The second-order valence-electron chi connectivity index (χ2n) is 3.82. The summed E-state index contributed by atoms with van der Waals surface area (Å²) in [4.78, 5) is 8.52. The summed E-state index contributed by atoms with van der Waals surface area (Å²) in [6.07, 6.45) is 3.16. The van der Waals surface area contributed by atoms with E-state index in [-0.39, 0.29) is 4.99 Å². The van der Waals surface area contributed by atoms with Crippen molar-refractivity contribution in [1.29, 1.82) is 0 Å². The summed E-state index contributed by atoms with van der Waals surface area (Å²) in [6, 6.07) is 7.76. The summed E-state index contributed by atoms with van der Waals surface area (Å²) < 4.78 is 5.11. The van der Waals surface area contributed by atoms with Crippen LogP contribution in [0.5, 0.6) is 5.75 Å². The van der Waals surface area contributed by atoms with E-state index in [0.717, 1.165) is 11.3 Å². The predicted octanol–water partition coefficient (Wildman–Crippen LogP) is 1.73. The van der Waals surface area contributed by atoms with E-state index < -0.39 is 0 Å². The third-order valence-corrected chi connectivity index (χ3v) is 2.74. The van der Waals surface area contributed by atoms with Gasteiger partial charge in [0.2, 0.25) is 0 Å². The summed E-state index contributed by atoms with van der Waals surface area (Å²) >= 11 is 4.93. The zero-order valence-electron chi connectivity index (χ0n) is 10.5. The van der Waals surface area contributed by atoms with Gasteiger partial charge in [-0.15, -0.1) is 0 Å². The largest absolute Gasteiger partial charge is 0.497 e. The fourth-order valence-corrected chi connectivity index (χ4v) is 1.73. The van der Waals surface area contributed by atoms with Gasteiger partial charge in [-0.1, -0.05) is 24.4 Å². The molecule has 1 aromatic carbocycles. The minimum Gasteiger partial charge on any atom is -0.497 e. The molecule has 0 aliphatic carbocycles. The van der Waals surface area contributed by atoms with Crippen LogP contribution in [-0.2, 0) is 6.54 Å². The molecule has 6 heteroatoms. The minimum atomic E-state index is 0.227. The molecule has 0 fully saturated rings. The molecule has 0 atom stereocenters. The van der Waals surface area contributed by atoms with Crippen molar-refractivity contribution in [3.05, 3.63) is 47.9 Å². The van der Waals surface area contributed by atoms with Crippen LogP contribution in [0.2, 0.25) is 0 Å². The highest BCUT2D eigenvalue weighted by molar-refractivity contribution is 7.80. The first-order valence-corrected chi connectivity index (χ1v) is 6.09. The van der Waals surface area contributed by atoms with E-state index in [4.69, 9.17) is 22.7 Å². The Hall–Kier alpha value is -2.21. The molecule has 3 N–H and O–H groups in total. The van der Waals surface area contributed by atoms with E-state index in [1.807, 2.05) is 24.3 Å². The number of benzene rings is 1. The summed E-state index contributed by atoms with van der Waals surface area (Å²) in [5.74, 6) is 1.41. The summed E-state index contributed by atoms with van der Waals surface area (Å²) in [5.41, 5.74) is 7.20. The molecule has 1 heterocycles. The number of methoxy groups -OCH3 is 1. The van der Waals surface area contributed by atoms with Crippen LogP contribution in [-0.4, -0.2) is 22.1 Å². The maximum absolute atomic E-state index is 5.59. The monoisotopic (exact) mass is 274 g/mol. The summed E-state index contributed by atoms with van der Waals surface area (Å²) in [6.45, 7) is 0.609. The van der Waals surface area contributed by atoms with Gasteiger partial charge in [0.1, 0.15) is 16.4 Å². The molecule has 0 amide bonds. The quantitative estimate of drug-likeness (QED) is 0.809. The average Bonchev–Trinajstić information content (AvgIpc) is 2.46. The van der Waals surface area contributed by atoms with Crippen molar-refractivity contribution in [2.75, 3.05) is 12.4 Å². The number of nitrogens with one attached hydrogen (secondary N) is 1. The molecule has 0 spiro atoms. The van der Waals surface area contributed by atoms with E-state index in [2.05, 4.69) is 15.3 Å². The van der Waals surface area contributed by atoms with E-state index in [0.29, 0.717) is 18.1 Å². The Bertz CT molecular complexity index is 571. The fraction of sp³-hybridized carbons (Fsp3) is 0.154. The summed E-state index contributed by atoms with van der Waals surface area (Å²) in [7, 11) is 1.64. The number of hydrogen-bond donors (Lipinski definition) is 2. The third-order valence-electron chi connectivity index (χ3n) is 2.55. The number of aromatic nitrogens is 2. The fourth-order valence-electron chi connectivity index (χ4n) is 1.58. The van der Waals surface area contributed by atoms with Gasteiger partial charge in [0, 0.05) is 18.9 Å². The minimum absolute atomic E-state index is 0.227. The maximum atomic E-state index is 5.59. The van der Waals surface area contributed by atoms with Gasteiger partial charge in [-0.3, -0.25) is 0 Å². The van der Waals surface area contributed by atoms with Gasteiger partial charge < -0.3 is 15.8 Å². The molecule has 2 rings (SSSR count). The topological polar surface area (TPSA) is 73.1 Å². The Morgan fingerprint density at radius 1 is 1.26 bits per heavy atom. The van der Waals surface area contributed by atoms with Crippen LogP contribution < -0.4 is 15.8 Å². The Kier molecular flexibility index (Phi) is 4.25. The molecule has 0 bridgehead atoms. The van der Waals surface area contributed by atoms with Crippen molar-refractivity contribution in [2.24, 2.45) is 5.73 Å². The molecule has 0 aliphatic rings. The molecule has 0 aliphatic heterocycles. The van der Waals surface area contributed by atoms with Crippen LogP contribution in [0.25, 0.3) is 0 Å². The van der Waals surface area contributed by atoms with Crippen LogP contribution >= 0.6 is 12.2 Å². The van der Waals surface area contributed by atoms with Crippen LogP contribution in [0, 0.1) is 0 Å². The second kappa shape index (κ2) is 6.10. The summed E-state index contributed by atoms with van der Waals surface area (Å²) in [5, 5.41) is 3.17. The second-order valence-corrected chi connectivity index (χ2v) is 4.26. The van der Waals surface area contributed by atoms with Crippen molar-refractivity contribution < 1.29 is 4.74 Å². The number of ether oxygens (including phenoxy) is 1. The van der Waals surface area contributed by atoms with Gasteiger partial charge in [-0.25, -0.2) is 9.97 Å². The zero-order valence-corrected chi connectivity index (χ0v) is 11.3. The van der Waals surface area contributed by atoms with Crippen molar-refractivity contribution >= 4 is 23.0 Å². The third kappa shape index (κ3) is 3.38. The van der Waals surface area contributed by atoms with Gasteiger partial charge in [0.15, 0.2) is 5.82 Å². The zero-order chi connectivity index (χ0) is 13.7. The van der Waals surface area contributed by atoms with Crippen molar-refractivity contribution in [3.63, 3.8) is 0 Å². The van der Waals surface area contributed by atoms with E-state index in [1.165, 1.54) is 0 Å². The highest BCUT2D eigenvalue weighted by Gasteiger charge is 2.07. The van der Waals surface area contributed by atoms with Gasteiger partial charge >= 0.3 is 0 Å². The molecular formula is C13H14N4OS. The highest BCUT2D eigenvalue weighted by Crippen LogP contribution is 2.14. The Morgan fingerprint density at radius 3 is 2.58 bits per heavy atom. The first kappa shape index (κ1) is 13.2. The maximum Gasteiger partial charge on any atom is 0.155 e. The Morgan fingerprint density at radius 2 is 1.95 bits per heavy atom. The van der Waals surface area contributed by atoms with Crippen LogP contribution in [0.15, 0.2) is 36.7 Å². The lowest BCUT2D eigenvalue weighted by molar-refractivity contribution is 0.414. The standard InChI is InChI=1S/C13H14N4OS/c1-18-10-4-2-9(3-5-10)8-17-13-11(12(14)19)15-6-7-16-13/h2-7H,8H2,1H3,(H2,14,19)(H,16,17). The Labute approximate surface area is 116 Å². The van der Waals surface area contributed by atoms with Crippen molar-refractivity contribution in [3.8, 4) is 5.75 Å². The first-order chi connectivity index (χ1) is 9.20. The number of rotatable bonds is 5. The molecule has 5 nitrogen and oxygen atoms in total. The molecule has 19 heavy (non-hydrogen) atoms. The van der Waals surface area contributed by atoms with Gasteiger partial charge in [-0.05, 0) is 17.7 Å². The predicted molar refractivity (Wildman–Crippen MR) is 78.2 cm³/mol. The van der Waals surface area contributed by atoms with Crippen LogP contribution in [0.3, 0.4) is 0 Å². The lowest BCUT2D eigenvalue weighted by atomic mass is 10.2. The number of hydrogen-bond acceptors (Lipinski definition) is 5. The van der Waals surface area contributed by atoms with Crippen molar-refractivity contribution in [1.82, 2.24) is 9.97 Å². The Balaban J connectivity index is 2.07. The number of anilines is 1. The van der Waals surface area contributed by atoms with E-state index >= 15 is 0 Å². The molecule has 1 aromatic heterocycles. The van der Waals surface area contributed by atoms with Crippen molar-refractivity contribution in [2.45, 2.75) is 6.54 Å². The van der Waals surface area contributed by atoms with Crippen LogP contribution in [0.1, 0.15) is 11.3 Å². The molecule has 2 aromatic rings. The number of nitrogens with two attached hydrogens (primary N) is 1. The average molecular weight is 274 g/mol. The molecule has 0 saturated heterocycles.